The molecule has 0 fully saturated rings. The van der Waals surface area contributed by atoms with Gasteiger partial charge in [0.15, 0.2) is 24.8 Å². The Labute approximate surface area is 320 Å². The molecule has 0 atom stereocenters. The second-order valence-corrected chi connectivity index (χ2v) is 16.3. The molecule has 0 bridgehead atoms. The van der Waals surface area contributed by atoms with Crippen LogP contribution in [-0.4, -0.2) is 0 Å². The van der Waals surface area contributed by atoms with Crippen molar-refractivity contribution in [3.05, 3.63) is 60.2 Å². The standard InChI is InChI=1S/C49H88N2/c1-3-5-7-9-11-13-15-17-19-21-23-25-27-29-31-33-42-50-44-38-48(39-45-50)36-35-37-49-40-46-51(47-41-49)43-34-32-30-28-26-24-22-20-18-16-14-12-10-8-6-4-2/h38-41,44-47H,3-37,42-43H2,1-2H3/q+2. The summed E-state index contributed by atoms with van der Waals surface area (Å²) in [5.74, 6) is 0. The van der Waals surface area contributed by atoms with E-state index in [2.05, 4.69) is 72.0 Å². The number of aryl methyl sites for hydroxylation is 4. The molecule has 0 radical (unpaired) electrons. The van der Waals surface area contributed by atoms with Gasteiger partial charge in [-0.2, -0.15) is 0 Å². The molecule has 0 aliphatic heterocycles. The maximum Gasteiger partial charge on any atom is 0.169 e. The first kappa shape index (κ1) is 45.5. The van der Waals surface area contributed by atoms with E-state index < -0.39 is 0 Å². The van der Waals surface area contributed by atoms with Crippen molar-refractivity contribution in [3.63, 3.8) is 0 Å². The van der Waals surface area contributed by atoms with Gasteiger partial charge >= 0.3 is 0 Å². The zero-order valence-electron chi connectivity index (χ0n) is 34.7. The second kappa shape index (κ2) is 35.3. The molecule has 0 aliphatic carbocycles. The van der Waals surface area contributed by atoms with Crippen molar-refractivity contribution >= 4 is 0 Å². The fraction of sp³-hybridized carbons (Fsp3) is 0.796. The quantitative estimate of drug-likeness (QED) is 0.0486. The summed E-state index contributed by atoms with van der Waals surface area (Å²) in [4.78, 5) is 0. The first-order chi connectivity index (χ1) is 25.3. The zero-order valence-corrected chi connectivity index (χ0v) is 34.7. The van der Waals surface area contributed by atoms with Crippen LogP contribution in [0.5, 0.6) is 0 Å². The normalized spacial score (nSPS) is 11.5. The van der Waals surface area contributed by atoms with Crippen molar-refractivity contribution < 1.29 is 9.13 Å². The average Bonchev–Trinajstić information content (AvgIpc) is 3.15. The minimum Gasteiger partial charge on any atom is -0.205 e. The number of hydrogen-bond acceptors (Lipinski definition) is 0. The highest BCUT2D eigenvalue weighted by Crippen LogP contribution is 2.15. The molecule has 2 heteroatoms. The third-order valence-corrected chi connectivity index (χ3v) is 11.4. The van der Waals surface area contributed by atoms with Gasteiger partial charge in [-0.05, 0) is 43.2 Å². The minimum absolute atomic E-state index is 1.17. The smallest absolute Gasteiger partial charge is 0.169 e. The van der Waals surface area contributed by atoms with Crippen LogP contribution in [0.2, 0.25) is 0 Å². The lowest BCUT2D eigenvalue weighted by atomic mass is 10.0. The summed E-state index contributed by atoms with van der Waals surface area (Å²) in [6.45, 7) is 6.95. The lowest BCUT2D eigenvalue weighted by Gasteiger charge is -2.04. The Morgan fingerprint density at radius 2 is 0.490 bits per heavy atom. The van der Waals surface area contributed by atoms with Gasteiger partial charge in [-0.15, -0.1) is 0 Å². The number of aromatic nitrogens is 2. The first-order valence-electron chi connectivity index (χ1n) is 23.3. The van der Waals surface area contributed by atoms with Gasteiger partial charge in [0.1, 0.15) is 13.1 Å². The molecule has 0 aromatic carbocycles. The molecule has 2 rings (SSSR count). The van der Waals surface area contributed by atoms with Crippen molar-refractivity contribution in [2.24, 2.45) is 0 Å². The van der Waals surface area contributed by atoms with E-state index in [1.165, 1.54) is 249 Å². The number of hydrogen-bond donors (Lipinski definition) is 0. The van der Waals surface area contributed by atoms with Crippen LogP contribution in [0.15, 0.2) is 49.1 Å². The summed E-state index contributed by atoms with van der Waals surface area (Å²) in [6, 6.07) is 9.40. The SMILES string of the molecule is CCCCCCCCCCCCCCCCCC[n+]1ccc(CCCc2cc[n+](CCCCCCCCCCCCCCCCCC)cc2)cc1. The molecule has 292 valence electrons. The fourth-order valence-electron chi connectivity index (χ4n) is 7.79. The summed E-state index contributed by atoms with van der Waals surface area (Å²) in [5.41, 5.74) is 2.96. The lowest BCUT2D eigenvalue weighted by molar-refractivity contribution is -0.697. The van der Waals surface area contributed by atoms with Crippen LogP contribution in [0.25, 0.3) is 0 Å². The molecule has 0 spiro atoms. The Morgan fingerprint density at radius 1 is 0.275 bits per heavy atom. The van der Waals surface area contributed by atoms with Gasteiger partial charge in [0.25, 0.3) is 0 Å². The van der Waals surface area contributed by atoms with Gasteiger partial charge in [-0.3, -0.25) is 0 Å². The van der Waals surface area contributed by atoms with Crippen LogP contribution in [0.4, 0.5) is 0 Å². The van der Waals surface area contributed by atoms with Crippen molar-refractivity contribution in [1.29, 1.82) is 0 Å². The number of nitrogens with zero attached hydrogens (tertiary/aromatic N) is 2. The highest BCUT2D eigenvalue weighted by Gasteiger charge is 2.05. The van der Waals surface area contributed by atoms with Crippen molar-refractivity contribution in [2.45, 2.75) is 252 Å². The molecule has 2 nitrogen and oxygen atoms in total. The Kier molecular flexibility index (Phi) is 31.5. The molecule has 0 amide bonds. The van der Waals surface area contributed by atoms with Crippen molar-refractivity contribution in [3.8, 4) is 0 Å². The summed E-state index contributed by atoms with van der Waals surface area (Å²) >= 11 is 0. The highest BCUT2D eigenvalue weighted by atomic mass is 14.9. The topological polar surface area (TPSA) is 7.76 Å². The summed E-state index contributed by atoms with van der Waals surface area (Å²) in [7, 11) is 0. The Hall–Kier alpha value is -1.70. The molecule has 0 saturated carbocycles. The second-order valence-electron chi connectivity index (χ2n) is 16.3. The van der Waals surface area contributed by atoms with Gasteiger partial charge in [0.2, 0.25) is 0 Å². The molecule has 2 heterocycles. The number of unbranched alkanes of at least 4 members (excludes halogenated alkanes) is 30. The molecule has 51 heavy (non-hydrogen) atoms. The van der Waals surface area contributed by atoms with E-state index in [1.807, 2.05) is 0 Å². The molecule has 2 aromatic heterocycles. The Balaban J connectivity index is 1.36. The first-order valence-corrected chi connectivity index (χ1v) is 23.3. The van der Waals surface area contributed by atoms with Crippen molar-refractivity contribution in [1.82, 2.24) is 0 Å². The van der Waals surface area contributed by atoms with Gasteiger partial charge in [-0.1, -0.05) is 194 Å². The number of rotatable bonds is 38. The molecule has 2 aromatic rings. The van der Waals surface area contributed by atoms with Crippen LogP contribution in [0, 0.1) is 0 Å². The molecular weight excluding hydrogens is 617 g/mol. The molecule has 0 unspecified atom stereocenters. The van der Waals surface area contributed by atoms with Crippen LogP contribution >= 0.6 is 0 Å². The average molecular weight is 705 g/mol. The highest BCUT2D eigenvalue weighted by molar-refractivity contribution is 5.10. The van der Waals surface area contributed by atoms with E-state index in [0.29, 0.717) is 0 Å². The van der Waals surface area contributed by atoms with E-state index in [9.17, 15) is 0 Å². The zero-order chi connectivity index (χ0) is 36.1. The van der Waals surface area contributed by atoms with Crippen LogP contribution in [0.1, 0.15) is 237 Å². The third-order valence-electron chi connectivity index (χ3n) is 11.4. The lowest BCUT2D eigenvalue weighted by Crippen LogP contribution is -2.32. The largest absolute Gasteiger partial charge is 0.205 e. The minimum atomic E-state index is 1.17. The van der Waals surface area contributed by atoms with Gasteiger partial charge in [0.05, 0.1) is 0 Å². The summed E-state index contributed by atoms with van der Waals surface area (Å²) in [6.07, 6.45) is 58.7. The summed E-state index contributed by atoms with van der Waals surface area (Å²) in [5, 5.41) is 0. The monoisotopic (exact) mass is 705 g/mol. The predicted octanol–water partition coefficient (Wildman–Crippen LogP) is 15.0. The third kappa shape index (κ3) is 28.5. The predicted molar refractivity (Wildman–Crippen MR) is 224 cm³/mol. The van der Waals surface area contributed by atoms with Crippen LogP contribution in [0.3, 0.4) is 0 Å². The van der Waals surface area contributed by atoms with E-state index >= 15 is 0 Å². The van der Waals surface area contributed by atoms with E-state index in [4.69, 9.17) is 0 Å². The Bertz CT molecular complexity index is 885. The van der Waals surface area contributed by atoms with E-state index in [0.717, 1.165) is 0 Å². The van der Waals surface area contributed by atoms with E-state index in [-0.39, 0.29) is 0 Å². The van der Waals surface area contributed by atoms with Gasteiger partial charge < -0.3 is 0 Å². The molecule has 0 N–H and O–H groups in total. The van der Waals surface area contributed by atoms with Crippen molar-refractivity contribution in [2.75, 3.05) is 0 Å². The van der Waals surface area contributed by atoms with Crippen LogP contribution in [-0.2, 0) is 25.9 Å². The van der Waals surface area contributed by atoms with Crippen LogP contribution < -0.4 is 9.13 Å². The summed E-state index contributed by atoms with van der Waals surface area (Å²) < 4.78 is 4.78. The number of pyridine rings is 2. The molecule has 0 aliphatic rings. The maximum absolute atomic E-state index is 2.39. The maximum atomic E-state index is 2.39. The molecular formula is C49H88N2+2. The van der Waals surface area contributed by atoms with Gasteiger partial charge in [-0.25, -0.2) is 9.13 Å². The Morgan fingerprint density at radius 3 is 0.725 bits per heavy atom. The molecule has 0 saturated heterocycles. The fourth-order valence-corrected chi connectivity index (χ4v) is 7.79. The van der Waals surface area contributed by atoms with Gasteiger partial charge in [0, 0.05) is 37.1 Å². The van der Waals surface area contributed by atoms with E-state index in [1.54, 1.807) is 0 Å².